The van der Waals surface area contributed by atoms with Crippen molar-refractivity contribution in [1.29, 1.82) is 0 Å². The number of ketones is 1. The van der Waals surface area contributed by atoms with Gasteiger partial charge in [0.25, 0.3) is 5.56 Å². The molecule has 1 atom stereocenters. The molecule has 8 heteroatoms. The van der Waals surface area contributed by atoms with Crippen LogP contribution in [0.4, 0.5) is 0 Å². The first-order valence-corrected chi connectivity index (χ1v) is 14.3. The Hall–Kier alpha value is -2.78. The molecule has 2 heterocycles. The van der Waals surface area contributed by atoms with E-state index in [1.54, 1.807) is 10.6 Å². The van der Waals surface area contributed by atoms with E-state index in [1.165, 1.54) is 23.1 Å². The van der Waals surface area contributed by atoms with Crippen LogP contribution in [0.25, 0.3) is 20.3 Å². The van der Waals surface area contributed by atoms with Crippen molar-refractivity contribution in [2.75, 3.05) is 19.0 Å². The van der Waals surface area contributed by atoms with Crippen LogP contribution in [0.5, 0.6) is 0 Å². The number of Topliss-reactive ketones (excluding diaryl/α,β-unsaturated/α-hetero) is 1. The number of thioether (sulfide) groups is 1. The third-order valence-electron chi connectivity index (χ3n) is 6.08. The number of aromatic nitrogens is 2. The average molecular weight is 537 g/mol. The minimum atomic E-state index is -0.408. The maximum absolute atomic E-state index is 13.7. The van der Waals surface area contributed by atoms with E-state index in [9.17, 15) is 9.59 Å². The van der Waals surface area contributed by atoms with Gasteiger partial charge < -0.3 is 9.47 Å². The molecule has 0 aliphatic heterocycles. The number of fused-ring (bicyclic) bond motifs is 3. The third-order valence-corrected chi connectivity index (χ3v) is 8.22. The van der Waals surface area contributed by atoms with Crippen molar-refractivity contribution < 1.29 is 14.3 Å². The highest BCUT2D eigenvalue weighted by Crippen LogP contribution is 2.32. The Morgan fingerprint density at radius 1 is 1.11 bits per heavy atom. The van der Waals surface area contributed by atoms with Crippen LogP contribution in [-0.4, -0.2) is 40.6 Å². The average Bonchev–Trinajstić information content (AvgIpc) is 3.29. The molecule has 0 saturated heterocycles. The first-order valence-electron chi connectivity index (χ1n) is 12.5. The van der Waals surface area contributed by atoms with Crippen molar-refractivity contribution in [2.24, 2.45) is 0 Å². The normalized spacial score (nSPS) is 12.4. The number of nitrogens with zero attached hydrogens (tertiary/aromatic N) is 2. The summed E-state index contributed by atoms with van der Waals surface area (Å²) in [6.45, 7) is 9.10. The lowest BCUT2D eigenvalue weighted by Gasteiger charge is -2.19. The number of rotatable bonds is 14. The lowest BCUT2D eigenvalue weighted by Crippen LogP contribution is -2.27. The Bertz CT molecular complexity index is 1410. The van der Waals surface area contributed by atoms with Gasteiger partial charge in [0.05, 0.1) is 11.3 Å². The number of thiophene rings is 1. The quantitative estimate of drug-likeness (QED) is 0.0801. The van der Waals surface area contributed by atoms with Crippen molar-refractivity contribution in [3.05, 3.63) is 83.2 Å². The molecule has 0 fully saturated rings. The number of hydrogen-bond donors (Lipinski definition) is 0. The second kappa shape index (κ2) is 13.1. The molecule has 4 aromatic rings. The molecule has 0 N–H and O–H groups in total. The number of carbonyl (C=O) groups excluding carboxylic acids is 1. The number of allylic oxidation sites excluding steroid dienone is 1. The van der Waals surface area contributed by atoms with Gasteiger partial charge in [0.2, 0.25) is 0 Å². The second-order valence-corrected chi connectivity index (χ2v) is 10.5. The van der Waals surface area contributed by atoms with Gasteiger partial charge in [-0.3, -0.25) is 14.2 Å². The molecule has 0 aliphatic rings. The van der Waals surface area contributed by atoms with Crippen molar-refractivity contribution in [1.82, 2.24) is 9.55 Å². The van der Waals surface area contributed by atoms with Crippen LogP contribution in [0.2, 0.25) is 0 Å². The van der Waals surface area contributed by atoms with Crippen LogP contribution in [0.3, 0.4) is 0 Å². The van der Waals surface area contributed by atoms with Gasteiger partial charge in [0.1, 0.15) is 4.70 Å². The molecule has 4 rings (SSSR count). The SMILES string of the molecule is C=CCC(C(=O)CSc1nc2c(sc3ccccc32)c(=O)n1CCC(OCC)OCC)c1ccccc1. The van der Waals surface area contributed by atoms with Crippen LogP contribution >= 0.6 is 23.1 Å². The summed E-state index contributed by atoms with van der Waals surface area (Å²) in [4.78, 5) is 32.0. The van der Waals surface area contributed by atoms with Crippen molar-refractivity contribution in [3.8, 4) is 0 Å². The lowest BCUT2D eigenvalue weighted by atomic mass is 9.92. The summed E-state index contributed by atoms with van der Waals surface area (Å²) < 4.78 is 14.7. The first kappa shape index (κ1) is 27.3. The van der Waals surface area contributed by atoms with Gasteiger partial charge in [0, 0.05) is 42.2 Å². The van der Waals surface area contributed by atoms with Gasteiger partial charge in [0.15, 0.2) is 17.2 Å². The fourth-order valence-electron chi connectivity index (χ4n) is 4.32. The molecule has 194 valence electrons. The molecule has 0 amide bonds. The Morgan fingerprint density at radius 2 is 1.81 bits per heavy atom. The Balaban J connectivity index is 1.67. The highest BCUT2D eigenvalue weighted by Gasteiger charge is 2.22. The summed E-state index contributed by atoms with van der Waals surface area (Å²) in [5.41, 5.74) is 1.56. The topological polar surface area (TPSA) is 70.4 Å². The van der Waals surface area contributed by atoms with Gasteiger partial charge in [-0.25, -0.2) is 4.98 Å². The van der Waals surface area contributed by atoms with Gasteiger partial charge in [-0.05, 0) is 31.9 Å². The predicted molar refractivity (Wildman–Crippen MR) is 153 cm³/mol. The van der Waals surface area contributed by atoms with Crippen molar-refractivity contribution in [3.63, 3.8) is 0 Å². The zero-order chi connectivity index (χ0) is 26.2. The highest BCUT2D eigenvalue weighted by molar-refractivity contribution is 7.99. The largest absolute Gasteiger partial charge is 0.353 e. The van der Waals surface area contributed by atoms with E-state index in [2.05, 4.69) is 6.58 Å². The second-order valence-electron chi connectivity index (χ2n) is 8.50. The standard InChI is InChI=1S/C29H32N2O4S2/c1-4-12-21(20-13-8-7-9-14-20)23(32)19-36-29-30-26-22-15-10-11-16-24(22)37-27(26)28(33)31(29)18-17-25(34-5-2)35-6-3/h4,7-11,13-16,21,25H,1,5-6,12,17-19H2,2-3H3. The smallest absolute Gasteiger partial charge is 0.272 e. The van der Waals surface area contributed by atoms with E-state index in [0.29, 0.717) is 48.0 Å². The number of carbonyl (C=O) groups is 1. The number of hydrogen-bond acceptors (Lipinski definition) is 7. The van der Waals surface area contributed by atoms with Gasteiger partial charge in [-0.15, -0.1) is 17.9 Å². The van der Waals surface area contributed by atoms with Gasteiger partial charge >= 0.3 is 0 Å². The predicted octanol–water partition coefficient (Wildman–Crippen LogP) is 6.42. The first-order chi connectivity index (χ1) is 18.1. The van der Waals surface area contributed by atoms with Crippen molar-refractivity contribution in [2.45, 2.75) is 50.6 Å². The maximum atomic E-state index is 13.7. The minimum absolute atomic E-state index is 0.0775. The molecular weight excluding hydrogens is 504 g/mol. The summed E-state index contributed by atoms with van der Waals surface area (Å²) in [6, 6.07) is 17.7. The van der Waals surface area contributed by atoms with E-state index in [4.69, 9.17) is 14.5 Å². The van der Waals surface area contributed by atoms with Crippen LogP contribution in [0.15, 0.2) is 77.2 Å². The molecule has 0 radical (unpaired) electrons. The molecular formula is C29H32N2O4S2. The minimum Gasteiger partial charge on any atom is -0.353 e. The van der Waals surface area contributed by atoms with E-state index >= 15 is 0 Å². The molecule has 6 nitrogen and oxygen atoms in total. The zero-order valence-electron chi connectivity index (χ0n) is 21.2. The zero-order valence-corrected chi connectivity index (χ0v) is 22.9. The van der Waals surface area contributed by atoms with E-state index in [0.717, 1.165) is 15.6 Å². The maximum Gasteiger partial charge on any atom is 0.272 e. The molecule has 2 aromatic carbocycles. The van der Waals surface area contributed by atoms with E-state index < -0.39 is 6.29 Å². The summed E-state index contributed by atoms with van der Waals surface area (Å²) in [6.07, 6.45) is 2.43. The van der Waals surface area contributed by atoms with Crippen LogP contribution in [-0.2, 0) is 20.8 Å². The molecule has 1 unspecified atom stereocenters. The Labute approximate surface area is 225 Å². The lowest BCUT2D eigenvalue weighted by molar-refractivity contribution is -0.141. The summed E-state index contributed by atoms with van der Waals surface area (Å²) >= 11 is 2.77. The highest BCUT2D eigenvalue weighted by atomic mass is 32.2. The monoisotopic (exact) mass is 536 g/mol. The summed E-state index contributed by atoms with van der Waals surface area (Å²) in [7, 11) is 0. The molecule has 0 bridgehead atoms. The Kier molecular flexibility index (Phi) is 9.68. The summed E-state index contributed by atoms with van der Waals surface area (Å²) in [5.74, 6) is -0.000582. The number of ether oxygens (including phenoxy) is 2. The third kappa shape index (κ3) is 6.38. The van der Waals surface area contributed by atoms with Crippen LogP contribution in [0.1, 0.15) is 38.2 Å². The van der Waals surface area contributed by atoms with Crippen LogP contribution in [0, 0.1) is 0 Å². The molecule has 2 aromatic heterocycles. The molecule has 0 spiro atoms. The Morgan fingerprint density at radius 3 is 2.51 bits per heavy atom. The fourth-order valence-corrected chi connectivity index (χ4v) is 6.37. The van der Waals surface area contributed by atoms with Gasteiger partial charge in [-0.2, -0.15) is 0 Å². The summed E-state index contributed by atoms with van der Waals surface area (Å²) in [5, 5.41) is 1.49. The van der Waals surface area contributed by atoms with Gasteiger partial charge in [-0.1, -0.05) is 66.4 Å². The molecule has 0 saturated carbocycles. The van der Waals surface area contributed by atoms with Crippen LogP contribution < -0.4 is 5.56 Å². The fraction of sp³-hybridized carbons (Fsp3) is 0.345. The van der Waals surface area contributed by atoms with E-state index in [1.807, 2.05) is 68.4 Å². The molecule has 37 heavy (non-hydrogen) atoms. The van der Waals surface area contributed by atoms with Crippen molar-refractivity contribution >= 4 is 49.2 Å². The molecule has 0 aliphatic carbocycles. The van der Waals surface area contributed by atoms with E-state index in [-0.39, 0.29) is 23.0 Å². The number of benzene rings is 2.